The number of aryl methyl sites for hydroxylation is 1. The molecule has 9 nitrogen and oxygen atoms in total. The van der Waals surface area contributed by atoms with E-state index in [9.17, 15) is 15.0 Å². The number of imidazole rings is 1. The van der Waals surface area contributed by atoms with E-state index in [1.807, 2.05) is 11.5 Å². The van der Waals surface area contributed by atoms with Crippen molar-refractivity contribution >= 4 is 34.6 Å². The molecule has 0 bridgehead atoms. The van der Waals surface area contributed by atoms with Crippen molar-refractivity contribution in [1.82, 2.24) is 19.5 Å². The van der Waals surface area contributed by atoms with E-state index >= 15 is 0 Å². The molecule has 0 unspecified atom stereocenters. The minimum atomic E-state index is -0.987. The van der Waals surface area contributed by atoms with Gasteiger partial charge in [-0.2, -0.15) is 9.97 Å². The van der Waals surface area contributed by atoms with Crippen molar-refractivity contribution in [1.29, 1.82) is 0 Å². The number of aliphatic hydroxyl groups excluding tert-OH is 1. The van der Waals surface area contributed by atoms with Crippen molar-refractivity contribution < 1.29 is 15.0 Å². The lowest BCUT2D eigenvalue weighted by Gasteiger charge is -2.26. The van der Waals surface area contributed by atoms with Gasteiger partial charge in [-0.05, 0) is 50.8 Å². The van der Waals surface area contributed by atoms with Gasteiger partial charge in [0.1, 0.15) is 0 Å². The topological polar surface area (TPSA) is 125 Å². The molecule has 0 aliphatic heterocycles. The molecule has 0 saturated heterocycles. The number of aromatic carboxylic acids is 1. The first-order valence-corrected chi connectivity index (χ1v) is 9.81. The minimum Gasteiger partial charge on any atom is -0.478 e. The van der Waals surface area contributed by atoms with Crippen LogP contribution in [0.5, 0.6) is 0 Å². The molecule has 152 valence electrons. The van der Waals surface area contributed by atoms with E-state index in [0.29, 0.717) is 28.6 Å². The maximum atomic E-state index is 11.3. The standard InChI is InChI=1S/C20H24N6O3/c1-2-26-11-21-16-17(22-14-5-3-4-12(10-14)19(28)29)24-20(25-18(16)26)23-13-6-8-15(27)9-7-13/h3-5,10-11,13,15,27H,2,6-9H2,1H3,(H,28,29)(H2,22,23,24,25). The maximum Gasteiger partial charge on any atom is 0.335 e. The molecule has 0 atom stereocenters. The number of carbonyl (C=O) groups is 1. The van der Waals surface area contributed by atoms with Crippen LogP contribution in [0.3, 0.4) is 0 Å². The number of nitrogens with one attached hydrogen (secondary N) is 2. The third kappa shape index (κ3) is 4.14. The molecule has 0 spiro atoms. The second-order valence-electron chi connectivity index (χ2n) is 7.26. The first-order chi connectivity index (χ1) is 14.0. The molecule has 4 N–H and O–H groups in total. The Hall–Kier alpha value is -3.20. The molecule has 2 aromatic heterocycles. The molecule has 2 heterocycles. The van der Waals surface area contributed by atoms with Crippen LogP contribution >= 0.6 is 0 Å². The Morgan fingerprint density at radius 3 is 2.76 bits per heavy atom. The number of aromatic nitrogens is 4. The van der Waals surface area contributed by atoms with Crippen molar-refractivity contribution in [2.24, 2.45) is 0 Å². The lowest BCUT2D eigenvalue weighted by Crippen LogP contribution is -2.29. The zero-order valence-corrected chi connectivity index (χ0v) is 16.2. The van der Waals surface area contributed by atoms with Crippen molar-refractivity contribution in [3.05, 3.63) is 36.2 Å². The summed E-state index contributed by atoms with van der Waals surface area (Å²) in [6.45, 7) is 2.73. The number of rotatable bonds is 6. The second kappa shape index (κ2) is 8.04. The van der Waals surface area contributed by atoms with Crippen LogP contribution in [0, 0.1) is 0 Å². The van der Waals surface area contributed by atoms with Gasteiger partial charge in [-0.3, -0.25) is 0 Å². The summed E-state index contributed by atoms with van der Waals surface area (Å²) in [5.41, 5.74) is 2.14. The maximum absolute atomic E-state index is 11.3. The summed E-state index contributed by atoms with van der Waals surface area (Å²) in [5.74, 6) is 0.0210. The van der Waals surface area contributed by atoms with Crippen molar-refractivity contribution in [2.75, 3.05) is 10.6 Å². The van der Waals surface area contributed by atoms with Crippen molar-refractivity contribution in [3.63, 3.8) is 0 Å². The van der Waals surface area contributed by atoms with Gasteiger partial charge in [0.15, 0.2) is 17.0 Å². The Morgan fingerprint density at radius 2 is 2.03 bits per heavy atom. The van der Waals surface area contributed by atoms with E-state index in [-0.39, 0.29) is 17.7 Å². The Morgan fingerprint density at radius 1 is 1.24 bits per heavy atom. The summed E-state index contributed by atoms with van der Waals surface area (Å²) in [7, 11) is 0. The number of hydrogen-bond acceptors (Lipinski definition) is 7. The fourth-order valence-electron chi connectivity index (χ4n) is 3.60. The Bertz CT molecular complexity index is 1030. The summed E-state index contributed by atoms with van der Waals surface area (Å²) in [6, 6.07) is 6.77. The highest BCUT2D eigenvalue weighted by Gasteiger charge is 2.21. The molecule has 0 amide bonds. The number of benzene rings is 1. The van der Waals surface area contributed by atoms with Gasteiger partial charge in [0, 0.05) is 18.3 Å². The Balaban J connectivity index is 1.67. The molecule has 1 aliphatic carbocycles. The fourth-order valence-corrected chi connectivity index (χ4v) is 3.60. The molecule has 1 saturated carbocycles. The summed E-state index contributed by atoms with van der Waals surface area (Å²) in [5, 5.41) is 25.5. The zero-order valence-electron chi connectivity index (χ0n) is 16.2. The van der Waals surface area contributed by atoms with E-state index in [2.05, 4.69) is 25.6 Å². The summed E-state index contributed by atoms with van der Waals surface area (Å²) in [4.78, 5) is 25.0. The van der Waals surface area contributed by atoms with Gasteiger partial charge in [-0.25, -0.2) is 9.78 Å². The molecular formula is C20H24N6O3. The lowest BCUT2D eigenvalue weighted by atomic mass is 9.93. The fraction of sp³-hybridized carbons (Fsp3) is 0.400. The highest BCUT2D eigenvalue weighted by molar-refractivity contribution is 5.90. The van der Waals surface area contributed by atoms with Gasteiger partial charge in [0.25, 0.3) is 0 Å². The van der Waals surface area contributed by atoms with Gasteiger partial charge in [-0.15, -0.1) is 0 Å². The first kappa shape index (κ1) is 19.1. The second-order valence-corrected chi connectivity index (χ2v) is 7.26. The quantitative estimate of drug-likeness (QED) is 0.501. The number of carboxylic acids is 1. The predicted octanol–water partition coefficient (Wildman–Crippen LogP) is 3.00. The van der Waals surface area contributed by atoms with E-state index in [0.717, 1.165) is 32.2 Å². The molecule has 9 heteroatoms. The first-order valence-electron chi connectivity index (χ1n) is 9.81. The number of nitrogens with zero attached hydrogens (tertiary/aromatic N) is 4. The summed E-state index contributed by atoms with van der Waals surface area (Å²) < 4.78 is 1.94. The molecule has 4 rings (SSSR count). The van der Waals surface area contributed by atoms with Crippen LogP contribution < -0.4 is 10.6 Å². The Labute approximate surface area is 167 Å². The molecular weight excluding hydrogens is 372 g/mol. The highest BCUT2D eigenvalue weighted by Crippen LogP contribution is 2.27. The average molecular weight is 396 g/mol. The lowest BCUT2D eigenvalue weighted by molar-refractivity contribution is 0.0697. The van der Waals surface area contributed by atoms with Crippen LogP contribution in [0.25, 0.3) is 11.2 Å². The third-order valence-corrected chi connectivity index (χ3v) is 5.21. The number of carboxylic acid groups (broad SMARTS) is 1. The monoisotopic (exact) mass is 396 g/mol. The number of aliphatic hydroxyl groups is 1. The van der Waals surface area contributed by atoms with Gasteiger partial charge in [0.05, 0.1) is 18.0 Å². The molecule has 29 heavy (non-hydrogen) atoms. The number of fused-ring (bicyclic) bond motifs is 1. The van der Waals surface area contributed by atoms with Gasteiger partial charge in [-0.1, -0.05) is 6.07 Å². The SMILES string of the molecule is CCn1cnc2c(Nc3cccc(C(=O)O)c3)nc(NC3CCC(O)CC3)nc21. The van der Waals surface area contributed by atoms with Gasteiger partial charge >= 0.3 is 5.97 Å². The van der Waals surface area contributed by atoms with E-state index in [1.165, 1.54) is 0 Å². The van der Waals surface area contributed by atoms with E-state index < -0.39 is 5.97 Å². The zero-order chi connectivity index (χ0) is 20.4. The third-order valence-electron chi connectivity index (χ3n) is 5.21. The van der Waals surface area contributed by atoms with Gasteiger partial charge in [0.2, 0.25) is 5.95 Å². The molecule has 3 aromatic rings. The molecule has 1 fully saturated rings. The summed E-state index contributed by atoms with van der Waals surface area (Å²) in [6.07, 6.45) is 4.74. The smallest absolute Gasteiger partial charge is 0.335 e. The van der Waals surface area contributed by atoms with Crippen LogP contribution in [0.2, 0.25) is 0 Å². The van der Waals surface area contributed by atoms with E-state index in [4.69, 9.17) is 0 Å². The van der Waals surface area contributed by atoms with Crippen LogP contribution in [0.15, 0.2) is 30.6 Å². The van der Waals surface area contributed by atoms with Gasteiger partial charge < -0.3 is 25.4 Å². The number of hydrogen-bond donors (Lipinski definition) is 4. The predicted molar refractivity (Wildman–Crippen MR) is 110 cm³/mol. The van der Waals surface area contributed by atoms with Crippen molar-refractivity contribution in [3.8, 4) is 0 Å². The molecule has 1 aliphatic rings. The minimum absolute atomic E-state index is 0.193. The average Bonchev–Trinajstić information content (AvgIpc) is 3.13. The van der Waals surface area contributed by atoms with Crippen LogP contribution in [0.1, 0.15) is 43.0 Å². The molecule has 1 aromatic carbocycles. The largest absolute Gasteiger partial charge is 0.478 e. The normalized spacial score (nSPS) is 19.2. The van der Waals surface area contributed by atoms with Crippen LogP contribution in [-0.4, -0.2) is 47.8 Å². The molecule has 0 radical (unpaired) electrons. The summed E-state index contributed by atoms with van der Waals surface area (Å²) >= 11 is 0. The number of anilines is 3. The highest BCUT2D eigenvalue weighted by atomic mass is 16.4. The Kier molecular flexibility index (Phi) is 5.30. The van der Waals surface area contributed by atoms with Crippen molar-refractivity contribution in [2.45, 2.75) is 51.3 Å². The van der Waals surface area contributed by atoms with E-state index in [1.54, 1.807) is 30.6 Å². The van der Waals surface area contributed by atoms with Crippen LogP contribution in [-0.2, 0) is 6.54 Å². The van der Waals surface area contributed by atoms with Crippen LogP contribution in [0.4, 0.5) is 17.5 Å².